The second-order valence-corrected chi connectivity index (χ2v) is 3.41. The number of nitrogens with one attached hydrogen (secondary N) is 1. The fourth-order valence-corrected chi connectivity index (χ4v) is 1.49. The predicted octanol–water partition coefficient (Wildman–Crippen LogP) is 1.76. The van der Waals surface area contributed by atoms with Gasteiger partial charge in [0.15, 0.2) is 5.78 Å². The summed E-state index contributed by atoms with van der Waals surface area (Å²) in [5, 5.41) is 1.13. The van der Waals surface area contributed by atoms with Gasteiger partial charge in [-0.1, -0.05) is 12.1 Å². The molecule has 2 rings (SSSR count). The minimum Gasteiger partial charge on any atom is -0.361 e. The van der Waals surface area contributed by atoms with Crippen LogP contribution in [0.1, 0.15) is 18.5 Å². The number of Topliss-reactive ketones (excluding diaryl/α,β-unsaturated/α-hetero) is 1. The molecule has 0 spiro atoms. The summed E-state index contributed by atoms with van der Waals surface area (Å²) in [6, 6.07) is 7.24. The lowest BCUT2D eigenvalue weighted by Gasteiger charge is -2.07. The van der Waals surface area contributed by atoms with Crippen LogP contribution in [0.3, 0.4) is 0 Å². The fraction of sp³-hybridized carbons (Fsp3) is 0.182. The topological polar surface area (TPSA) is 58.9 Å². The van der Waals surface area contributed by atoms with Crippen molar-refractivity contribution in [3.63, 3.8) is 0 Å². The highest BCUT2D eigenvalue weighted by Gasteiger charge is 2.11. The third kappa shape index (κ3) is 1.42. The molecule has 0 aliphatic carbocycles. The summed E-state index contributed by atoms with van der Waals surface area (Å²) < 4.78 is 0. The third-order valence-corrected chi connectivity index (χ3v) is 2.38. The third-order valence-electron chi connectivity index (χ3n) is 2.38. The zero-order valence-electron chi connectivity index (χ0n) is 7.95. The molecule has 14 heavy (non-hydrogen) atoms. The average molecular weight is 188 g/mol. The Bertz CT molecular complexity index is 473. The molecule has 1 atom stereocenters. The lowest BCUT2D eigenvalue weighted by Crippen LogP contribution is -2.18. The molecule has 0 amide bonds. The first-order chi connectivity index (χ1) is 6.68. The number of ketones is 1. The molecule has 0 bridgehead atoms. The summed E-state index contributed by atoms with van der Waals surface area (Å²) in [7, 11) is 0. The Labute approximate surface area is 81.9 Å². The van der Waals surface area contributed by atoms with E-state index >= 15 is 0 Å². The number of aromatic amines is 1. The minimum absolute atomic E-state index is 0.0177. The molecule has 0 aliphatic rings. The zero-order chi connectivity index (χ0) is 10.1. The lowest BCUT2D eigenvalue weighted by molar-refractivity contribution is -0.118. The van der Waals surface area contributed by atoms with Crippen molar-refractivity contribution in [3.8, 4) is 0 Å². The first kappa shape index (κ1) is 8.97. The number of H-pyrrole nitrogens is 1. The molecule has 1 heterocycles. The van der Waals surface area contributed by atoms with Gasteiger partial charge < -0.3 is 10.7 Å². The number of rotatable bonds is 2. The molecule has 3 nitrogen and oxygen atoms in total. The van der Waals surface area contributed by atoms with Gasteiger partial charge in [-0.25, -0.2) is 0 Å². The molecule has 0 saturated carbocycles. The van der Waals surface area contributed by atoms with Gasteiger partial charge in [0.05, 0.1) is 6.04 Å². The molecule has 2 aromatic rings. The van der Waals surface area contributed by atoms with Gasteiger partial charge in [0.1, 0.15) is 0 Å². The first-order valence-corrected chi connectivity index (χ1v) is 4.51. The molecule has 72 valence electrons. The molecule has 0 saturated heterocycles. The number of hydrogen-bond acceptors (Lipinski definition) is 2. The predicted molar refractivity (Wildman–Crippen MR) is 55.9 cm³/mol. The standard InChI is InChI=1S/C11H12N2O/c1-7(14)11(12)9-3-2-8-4-5-13-10(8)6-9/h2-6,11,13H,12H2,1H3. The van der Waals surface area contributed by atoms with E-state index in [1.54, 1.807) is 0 Å². The van der Waals surface area contributed by atoms with Crippen molar-refractivity contribution in [2.75, 3.05) is 0 Å². The van der Waals surface area contributed by atoms with E-state index in [1.807, 2.05) is 30.5 Å². The molecule has 0 radical (unpaired) electrons. The van der Waals surface area contributed by atoms with Crippen molar-refractivity contribution in [3.05, 3.63) is 36.0 Å². The highest BCUT2D eigenvalue weighted by molar-refractivity contribution is 5.85. The maximum absolute atomic E-state index is 11.1. The molecule has 1 aromatic carbocycles. The Hall–Kier alpha value is -1.61. The van der Waals surface area contributed by atoms with Crippen molar-refractivity contribution < 1.29 is 4.79 Å². The first-order valence-electron chi connectivity index (χ1n) is 4.51. The number of benzene rings is 1. The van der Waals surface area contributed by atoms with Gasteiger partial charge >= 0.3 is 0 Å². The Morgan fingerprint density at radius 1 is 1.43 bits per heavy atom. The van der Waals surface area contributed by atoms with E-state index in [-0.39, 0.29) is 5.78 Å². The zero-order valence-corrected chi connectivity index (χ0v) is 7.95. The van der Waals surface area contributed by atoms with E-state index in [4.69, 9.17) is 5.73 Å². The SMILES string of the molecule is CC(=O)C(N)c1ccc2cc[nH]c2c1. The summed E-state index contributed by atoms with van der Waals surface area (Å²) >= 11 is 0. The molecule has 0 fully saturated rings. The lowest BCUT2D eigenvalue weighted by atomic mass is 10.0. The molecule has 1 unspecified atom stereocenters. The highest BCUT2D eigenvalue weighted by Crippen LogP contribution is 2.18. The van der Waals surface area contributed by atoms with Crippen molar-refractivity contribution in [1.82, 2.24) is 4.98 Å². The van der Waals surface area contributed by atoms with Gasteiger partial charge in [-0.3, -0.25) is 4.79 Å². The largest absolute Gasteiger partial charge is 0.361 e. The van der Waals surface area contributed by atoms with Crippen LogP contribution in [0.2, 0.25) is 0 Å². The average Bonchev–Trinajstić information content (AvgIpc) is 2.62. The molecule has 1 aromatic heterocycles. The van der Waals surface area contributed by atoms with Gasteiger partial charge in [0.2, 0.25) is 0 Å². The van der Waals surface area contributed by atoms with E-state index in [9.17, 15) is 4.79 Å². The molecular weight excluding hydrogens is 176 g/mol. The van der Waals surface area contributed by atoms with Crippen molar-refractivity contribution >= 4 is 16.7 Å². The maximum Gasteiger partial charge on any atom is 0.150 e. The number of carbonyl (C=O) groups is 1. The van der Waals surface area contributed by atoms with E-state index in [2.05, 4.69) is 4.98 Å². The Balaban J connectivity index is 2.48. The smallest absolute Gasteiger partial charge is 0.150 e. The maximum atomic E-state index is 11.1. The number of hydrogen-bond donors (Lipinski definition) is 2. The van der Waals surface area contributed by atoms with Gasteiger partial charge in [-0.05, 0) is 30.0 Å². The van der Waals surface area contributed by atoms with Crippen molar-refractivity contribution in [1.29, 1.82) is 0 Å². The number of fused-ring (bicyclic) bond motifs is 1. The molecule has 3 N–H and O–H groups in total. The fourth-order valence-electron chi connectivity index (χ4n) is 1.49. The number of carbonyl (C=O) groups excluding carboxylic acids is 1. The summed E-state index contributed by atoms with van der Waals surface area (Å²) in [5.41, 5.74) is 7.60. The second-order valence-electron chi connectivity index (χ2n) is 3.41. The van der Waals surface area contributed by atoms with Crippen LogP contribution >= 0.6 is 0 Å². The van der Waals surface area contributed by atoms with Crippen LogP contribution in [-0.2, 0) is 4.79 Å². The van der Waals surface area contributed by atoms with Crippen LogP contribution in [0, 0.1) is 0 Å². The van der Waals surface area contributed by atoms with Crippen molar-refractivity contribution in [2.24, 2.45) is 5.73 Å². The van der Waals surface area contributed by atoms with Gasteiger partial charge in [0.25, 0.3) is 0 Å². The Kier molecular flexibility index (Phi) is 2.09. The van der Waals surface area contributed by atoms with Gasteiger partial charge in [0, 0.05) is 11.7 Å². The molecular formula is C11H12N2O. The van der Waals surface area contributed by atoms with Crippen LogP contribution in [0.5, 0.6) is 0 Å². The van der Waals surface area contributed by atoms with E-state index in [0.717, 1.165) is 16.5 Å². The van der Waals surface area contributed by atoms with E-state index < -0.39 is 6.04 Å². The Morgan fingerprint density at radius 3 is 2.93 bits per heavy atom. The number of aromatic nitrogens is 1. The summed E-state index contributed by atoms with van der Waals surface area (Å²) in [4.78, 5) is 14.2. The van der Waals surface area contributed by atoms with Gasteiger partial charge in [-0.15, -0.1) is 0 Å². The van der Waals surface area contributed by atoms with Crippen LogP contribution in [0.25, 0.3) is 10.9 Å². The normalized spacial score (nSPS) is 13.0. The van der Waals surface area contributed by atoms with E-state index in [0.29, 0.717) is 0 Å². The van der Waals surface area contributed by atoms with Crippen molar-refractivity contribution in [2.45, 2.75) is 13.0 Å². The number of nitrogens with two attached hydrogens (primary N) is 1. The van der Waals surface area contributed by atoms with Crippen LogP contribution in [0.15, 0.2) is 30.5 Å². The highest BCUT2D eigenvalue weighted by atomic mass is 16.1. The van der Waals surface area contributed by atoms with Crippen LogP contribution in [-0.4, -0.2) is 10.8 Å². The Morgan fingerprint density at radius 2 is 2.21 bits per heavy atom. The van der Waals surface area contributed by atoms with Gasteiger partial charge in [-0.2, -0.15) is 0 Å². The molecule has 0 aliphatic heterocycles. The minimum atomic E-state index is -0.511. The molecule has 3 heteroatoms. The van der Waals surface area contributed by atoms with E-state index in [1.165, 1.54) is 6.92 Å². The summed E-state index contributed by atoms with van der Waals surface area (Å²) in [5.74, 6) is -0.0177. The summed E-state index contributed by atoms with van der Waals surface area (Å²) in [6.45, 7) is 1.50. The monoisotopic (exact) mass is 188 g/mol. The summed E-state index contributed by atoms with van der Waals surface area (Å²) in [6.07, 6.45) is 1.87. The van der Waals surface area contributed by atoms with Crippen LogP contribution < -0.4 is 5.73 Å². The van der Waals surface area contributed by atoms with Crippen LogP contribution in [0.4, 0.5) is 0 Å². The second kappa shape index (κ2) is 3.27. The quantitative estimate of drug-likeness (QED) is 0.754.